The van der Waals surface area contributed by atoms with E-state index in [0.717, 1.165) is 0 Å². The molecule has 5 nitrogen and oxygen atoms in total. The van der Waals surface area contributed by atoms with Crippen LogP contribution in [0.25, 0.3) is 0 Å². The van der Waals surface area contributed by atoms with Crippen molar-refractivity contribution in [2.45, 2.75) is 26.4 Å². The van der Waals surface area contributed by atoms with Gasteiger partial charge in [0.1, 0.15) is 5.60 Å². The monoisotopic (exact) mass is 224 g/mol. The minimum Gasteiger partial charge on any atom is -0.458 e. The summed E-state index contributed by atoms with van der Waals surface area (Å²) in [5, 5.41) is 0. The largest absolute Gasteiger partial charge is 0.458 e. The molecule has 0 spiro atoms. The maximum Gasteiger partial charge on any atom is 0.333 e. The van der Waals surface area contributed by atoms with Crippen LogP contribution in [0.1, 0.15) is 20.8 Å². The van der Waals surface area contributed by atoms with Crippen molar-refractivity contribution >= 4 is 14.6 Å². The van der Waals surface area contributed by atoms with Gasteiger partial charge in [0.05, 0.1) is 0 Å². The summed E-state index contributed by atoms with van der Waals surface area (Å²) in [5.74, 6) is -0.431. The van der Waals surface area contributed by atoms with Crippen LogP contribution >= 0.6 is 8.60 Å². The summed E-state index contributed by atoms with van der Waals surface area (Å²) in [4.78, 5) is 11.1. The predicted octanol–water partition coefficient (Wildman–Crippen LogP) is 1.86. The van der Waals surface area contributed by atoms with Crippen LogP contribution in [-0.2, 0) is 23.1 Å². The Morgan fingerprint density at radius 3 is 2.07 bits per heavy atom. The van der Waals surface area contributed by atoms with Crippen molar-refractivity contribution in [1.82, 2.24) is 0 Å². The number of hydrogen-bond acceptors (Lipinski definition) is 5. The van der Waals surface area contributed by atoms with Gasteiger partial charge in [-0.25, -0.2) is 4.79 Å². The lowest BCUT2D eigenvalue weighted by molar-refractivity contribution is -0.157. The predicted molar refractivity (Wildman–Crippen MR) is 52.7 cm³/mol. The van der Waals surface area contributed by atoms with Gasteiger partial charge in [-0.3, -0.25) is 0 Å². The van der Waals surface area contributed by atoms with E-state index < -0.39 is 20.2 Å². The van der Waals surface area contributed by atoms with Crippen LogP contribution < -0.4 is 0 Å². The Kier molecular flexibility index (Phi) is 6.20. The third-order valence-electron chi connectivity index (χ3n) is 1.01. The first kappa shape index (κ1) is 13.8. The van der Waals surface area contributed by atoms with Gasteiger partial charge in [-0.05, 0) is 20.8 Å². The summed E-state index contributed by atoms with van der Waals surface area (Å²) in [6.07, 6.45) is 0. The van der Waals surface area contributed by atoms with E-state index in [4.69, 9.17) is 18.3 Å². The Bertz CT molecular complexity index is 173. The molecule has 0 aromatic heterocycles. The van der Waals surface area contributed by atoms with Crippen molar-refractivity contribution in [2.75, 3.05) is 20.8 Å². The third-order valence-corrected chi connectivity index (χ3v) is 1.94. The fourth-order valence-corrected chi connectivity index (χ4v) is 1.23. The van der Waals surface area contributed by atoms with Crippen LogP contribution in [0.3, 0.4) is 0 Å². The van der Waals surface area contributed by atoms with Crippen LogP contribution in [0.4, 0.5) is 0 Å². The molecule has 0 fully saturated rings. The van der Waals surface area contributed by atoms with E-state index in [1.54, 1.807) is 20.8 Å². The molecule has 0 bridgehead atoms. The average molecular weight is 224 g/mol. The molecule has 6 heteroatoms. The van der Waals surface area contributed by atoms with Gasteiger partial charge in [0.15, 0.2) is 6.61 Å². The molecular formula is C8H17O5P. The van der Waals surface area contributed by atoms with E-state index in [-0.39, 0.29) is 6.61 Å². The van der Waals surface area contributed by atoms with Gasteiger partial charge in [-0.2, -0.15) is 0 Å². The first-order valence-electron chi connectivity index (χ1n) is 4.12. The Hall–Kier alpha value is -0.220. The number of rotatable bonds is 5. The topological polar surface area (TPSA) is 54.0 Å². The maximum atomic E-state index is 11.1. The van der Waals surface area contributed by atoms with Gasteiger partial charge < -0.3 is 18.3 Å². The van der Waals surface area contributed by atoms with Crippen molar-refractivity contribution in [2.24, 2.45) is 0 Å². The van der Waals surface area contributed by atoms with Crippen molar-refractivity contribution in [3.8, 4) is 0 Å². The highest BCUT2D eigenvalue weighted by Crippen LogP contribution is 2.36. The lowest BCUT2D eigenvalue weighted by atomic mass is 10.2. The summed E-state index contributed by atoms with van der Waals surface area (Å²) in [7, 11) is 1.47. The Morgan fingerprint density at radius 1 is 1.21 bits per heavy atom. The van der Waals surface area contributed by atoms with Gasteiger partial charge >= 0.3 is 14.6 Å². The number of hydrogen-bond donors (Lipinski definition) is 0. The SMILES string of the molecule is COP(OC)OCC(=O)OC(C)(C)C. The highest BCUT2D eigenvalue weighted by atomic mass is 31.2. The minimum absolute atomic E-state index is 0.162. The van der Waals surface area contributed by atoms with Crippen molar-refractivity contribution in [1.29, 1.82) is 0 Å². The fraction of sp³-hybridized carbons (Fsp3) is 0.875. The first-order chi connectivity index (χ1) is 6.39. The van der Waals surface area contributed by atoms with Gasteiger partial charge in [0.25, 0.3) is 0 Å². The molecule has 0 aliphatic heterocycles. The Morgan fingerprint density at radius 2 is 1.71 bits per heavy atom. The highest BCUT2D eigenvalue weighted by Gasteiger charge is 2.18. The van der Waals surface area contributed by atoms with Crippen LogP contribution in [0.5, 0.6) is 0 Å². The lowest BCUT2D eigenvalue weighted by Crippen LogP contribution is -2.26. The van der Waals surface area contributed by atoms with Crippen molar-refractivity contribution in [3.05, 3.63) is 0 Å². The van der Waals surface area contributed by atoms with Gasteiger partial charge in [-0.15, -0.1) is 0 Å². The fourth-order valence-electron chi connectivity index (χ4n) is 0.656. The minimum atomic E-state index is -1.43. The van der Waals surface area contributed by atoms with E-state index in [1.807, 2.05) is 0 Å². The number of carbonyl (C=O) groups excluding carboxylic acids is 1. The first-order valence-corrected chi connectivity index (χ1v) is 5.21. The smallest absolute Gasteiger partial charge is 0.333 e. The summed E-state index contributed by atoms with van der Waals surface area (Å²) in [5.41, 5.74) is -0.497. The number of esters is 1. The zero-order chi connectivity index (χ0) is 11.2. The van der Waals surface area contributed by atoms with E-state index in [9.17, 15) is 4.79 Å². The second-order valence-corrected chi connectivity index (χ2v) is 4.88. The number of carbonyl (C=O) groups is 1. The molecule has 0 aromatic rings. The normalized spacial score (nSPS) is 11.9. The molecule has 0 saturated carbocycles. The van der Waals surface area contributed by atoms with Crippen LogP contribution in [0.2, 0.25) is 0 Å². The summed E-state index contributed by atoms with van der Waals surface area (Å²) >= 11 is 0. The lowest BCUT2D eigenvalue weighted by Gasteiger charge is -2.20. The zero-order valence-corrected chi connectivity index (χ0v) is 10.1. The molecule has 0 aromatic carbocycles. The quantitative estimate of drug-likeness (QED) is 0.527. The molecule has 0 heterocycles. The van der Waals surface area contributed by atoms with Crippen LogP contribution in [-0.4, -0.2) is 32.4 Å². The summed E-state index contributed by atoms with van der Waals surface area (Å²) < 4.78 is 19.6. The molecule has 0 radical (unpaired) electrons. The molecule has 0 atom stereocenters. The van der Waals surface area contributed by atoms with Crippen molar-refractivity contribution in [3.63, 3.8) is 0 Å². The van der Waals surface area contributed by atoms with Gasteiger partial charge in [0, 0.05) is 14.2 Å². The van der Waals surface area contributed by atoms with E-state index in [2.05, 4.69) is 0 Å². The van der Waals surface area contributed by atoms with Crippen LogP contribution in [0, 0.1) is 0 Å². The van der Waals surface area contributed by atoms with Crippen molar-refractivity contribution < 1.29 is 23.1 Å². The average Bonchev–Trinajstić information content (AvgIpc) is 2.03. The van der Waals surface area contributed by atoms with Crippen LogP contribution in [0.15, 0.2) is 0 Å². The highest BCUT2D eigenvalue weighted by molar-refractivity contribution is 7.41. The summed E-state index contributed by atoms with van der Waals surface area (Å²) in [6.45, 7) is 5.21. The maximum absolute atomic E-state index is 11.1. The second-order valence-electron chi connectivity index (χ2n) is 3.45. The van der Waals surface area contributed by atoms with E-state index >= 15 is 0 Å². The molecule has 0 amide bonds. The summed E-state index contributed by atoms with van der Waals surface area (Å²) in [6, 6.07) is 0. The molecule has 0 rings (SSSR count). The second kappa shape index (κ2) is 6.30. The van der Waals surface area contributed by atoms with E-state index in [1.165, 1.54) is 14.2 Å². The Balaban J connectivity index is 3.74. The number of ether oxygens (including phenoxy) is 1. The zero-order valence-electron chi connectivity index (χ0n) is 9.20. The van der Waals surface area contributed by atoms with E-state index in [0.29, 0.717) is 0 Å². The molecule has 0 saturated heterocycles. The molecule has 14 heavy (non-hydrogen) atoms. The third kappa shape index (κ3) is 7.21. The molecule has 0 unspecified atom stereocenters. The Labute approximate surface area is 85.7 Å². The van der Waals surface area contributed by atoms with Gasteiger partial charge in [0.2, 0.25) is 0 Å². The molecule has 84 valence electrons. The molecule has 0 N–H and O–H groups in total. The standard InChI is InChI=1S/C8H17O5P/c1-8(2,3)13-7(9)6-12-14(10-4)11-5/h6H2,1-5H3. The molecular weight excluding hydrogens is 207 g/mol. The van der Waals surface area contributed by atoms with Gasteiger partial charge in [-0.1, -0.05) is 0 Å². The molecule has 0 aliphatic rings. The molecule has 0 aliphatic carbocycles.